The molecule has 0 aliphatic heterocycles. The summed E-state index contributed by atoms with van der Waals surface area (Å²) in [7, 11) is -4.20. The molecule has 0 aromatic carbocycles. The van der Waals surface area contributed by atoms with Crippen LogP contribution in [-0.2, 0) is 33.0 Å². The maximum absolute atomic E-state index is 11.6. The Balaban J connectivity index is 3.19. The first-order valence-electron chi connectivity index (χ1n) is 9.35. The molecule has 9 heteroatoms. The second kappa shape index (κ2) is 8.90. The summed E-state index contributed by atoms with van der Waals surface area (Å²) in [6, 6.07) is 0. The van der Waals surface area contributed by atoms with Gasteiger partial charge in [0.05, 0.1) is 18.5 Å². The van der Waals surface area contributed by atoms with Crippen LogP contribution in [0.1, 0.15) is 47.5 Å². The van der Waals surface area contributed by atoms with Crippen LogP contribution < -0.4 is 0 Å². The molecular weight excluding hydrogens is 388 g/mol. The van der Waals surface area contributed by atoms with Crippen LogP contribution >= 0.6 is 0 Å². The lowest BCUT2D eigenvalue weighted by Crippen LogP contribution is -2.58. The minimum atomic E-state index is -3.59. The second-order valence-electron chi connectivity index (χ2n) is 8.94. The normalized spacial score (nSPS) is 28.6. The third kappa shape index (κ3) is 6.81. The van der Waals surface area contributed by atoms with Crippen molar-refractivity contribution in [1.29, 1.82) is 0 Å². The summed E-state index contributed by atoms with van der Waals surface area (Å²) in [5.41, 5.74) is 0. The highest BCUT2D eigenvalue weighted by molar-refractivity contribution is 7.86. The Hall–Kier alpha value is -0.483. The zero-order valence-electron chi connectivity index (χ0n) is 18.1. The van der Waals surface area contributed by atoms with E-state index in [1.54, 1.807) is 14.0 Å². The van der Waals surface area contributed by atoms with E-state index in [0.29, 0.717) is 12.8 Å². The van der Waals surface area contributed by atoms with Crippen LogP contribution in [0.25, 0.3) is 0 Å². The van der Waals surface area contributed by atoms with E-state index in [4.69, 9.17) is 18.1 Å². The fraction of sp³-hybridized carbons (Fsp3) is 0.944. The van der Waals surface area contributed by atoms with Gasteiger partial charge in [-0.05, 0) is 37.9 Å². The third-order valence-corrected chi connectivity index (χ3v) is 10.8. The molecule has 5 atom stereocenters. The fourth-order valence-electron chi connectivity index (χ4n) is 3.30. The van der Waals surface area contributed by atoms with Crippen LogP contribution in [0.5, 0.6) is 0 Å². The number of carbonyl (C=O) groups excluding carboxylic acids is 1. The van der Waals surface area contributed by atoms with Crippen LogP contribution in [0.15, 0.2) is 0 Å². The van der Waals surface area contributed by atoms with Crippen LogP contribution in [0.4, 0.5) is 0 Å². The van der Waals surface area contributed by atoms with E-state index in [-0.39, 0.29) is 16.9 Å². The maximum Gasteiger partial charge on any atom is 0.302 e. The first kappa shape index (κ1) is 24.6. The Morgan fingerprint density at radius 3 is 2.11 bits per heavy atom. The maximum atomic E-state index is 11.6. The number of carbonyl (C=O) groups is 1. The predicted molar refractivity (Wildman–Crippen MR) is 107 cm³/mol. The molecule has 1 unspecified atom stereocenters. The molecule has 7 nitrogen and oxygen atoms in total. The molecule has 0 amide bonds. The second-order valence-corrected chi connectivity index (χ2v) is 15.3. The SMILES string of the molecule is CO[C@H]1[C@H](O[Si](C)(C)C(C)(C)C)[C@@H](OC(C)=O)CC[C@@H]1C(C)OS(C)(=O)=O. The van der Waals surface area contributed by atoms with Crippen molar-refractivity contribution in [3.8, 4) is 0 Å². The number of hydrogen-bond acceptors (Lipinski definition) is 7. The van der Waals surface area contributed by atoms with Gasteiger partial charge in [0.25, 0.3) is 10.1 Å². The largest absolute Gasteiger partial charge is 0.460 e. The molecule has 160 valence electrons. The van der Waals surface area contributed by atoms with Crippen LogP contribution in [0, 0.1) is 5.92 Å². The average molecular weight is 425 g/mol. The third-order valence-electron chi connectivity index (χ3n) is 5.65. The van der Waals surface area contributed by atoms with Crippen molar-refractivity contribution in [2.45, 2.75) is 90.0 Å². The zero-order valence-corrected chi connectivity index (χ0v) is 19.9. The van der Waals surface area contributed by atoms with Gasteiger partial charge in [-0.15, -0.1) is 0 Å². The van der Waals surface area contributed by atoms with Gasteiger partial charge in [0.15, 0.2) is 8.32 Å². The lowest BCUT2D eigenvalue weighted by Gasteiger charge is -2.48. The molecule has 0 bridgehead atoms. The molecule has 0 N–H and O–H groups in total. The van der Waals surface area contributed by atoms with Gasteiger partial charge in [-0.1, -0.05) is 20.8 Å². The Morgan fingerprint density at radius 2 is 1.70 bits per heavy atom. The number of hydrogen-bond donors (Lipinski definition) is 0. The molecule has 1 aliphatic rings. The Kier molecular flexibility index (Phi) is 8.09. The highest BCUT2D eigenvalue weighted by Crippen LogP contribution is 2.42. The summed E-state index contributed by atoms with van der Waals surface area (Å²) in [6.07, 6.45) is 0.334. The van der Waals surface area contributed by atoms with E-state index < -0.39 is 42.9 Å². The van der Waals surface area contributed by atoms with Crippen molar-refractivity contribution in [2.75, 3.05) is 13.4 Å². The Labute approximate surface area is 165 Å². The monoisotopic (exact) mass is 424 g/mol. The van der Waals surface area contributed by atoms with Crippen molar-refractivity contribution in [1.82, 2.24) is 0 Å². The van der Waals surface area contributed by atoms with Crippen LogP contribution in [0.2, 0.25) is 18.1 Å². The molecule has 0 aromatic rings. The molecule has 0 heterocycles. The smallest absolute Gasteiger partial charge is 0.302 e. The molecule has 1 aliphatic carbocycles. The van der Waals surface area contributed by atoms with E-state index in [1.807, 2.05) is 0 Å². The number of methoxy groups -OCH3 is 1. The minimum Gasteiger partial charge on any atom is -0.460 e. The van der Waals surface area contributed by atoms with Crippen LogP contribution in [-0.4, -0.2) is 60.5 Å². The van der Waals surface area contributed by atoms with Crippen molar-refractivity contribution < 1.29 is 31.3 Å². The lowest BCUT2D eigenvalue weighted by molar-refractivity contribution is -0.172. The topological polar surface area (TPSA) is 88.1 Å². The summed E-state index contributed by atoms with van der Waals surface area (Å²) in [4.78, 5) is 11.6. The van der Waals surface area contributed by atoms with Crippen molar-refractivity contribution in [3.05, 3.63) is 0 Å². The van der Waals surface area contributed by atoms with E-state index in [2.05, 4.69) is 33.9 Å². The fourth-order valence-corrected chi connectivity index (χ4v) is 5.31. The van der Waals surface area contributed by atoms with E-state index in [0.717, 1.165) is 6.26 Å². The summed E-state index contributed by atoms with van der Waals surface area (Å²) in [5.74, 6) is -0.552. The standard InChI is InChI=1S/C18H36O7SSi/c1-12(24-26(7,20)21)14-10-11-15(23-13(2)19)17(16(14)22-6)25-27(8,9)18(3,4)5/h12,14-17H,10-11H2,1-9H3/t12?,14-,15+,16-,17-/m1/s1. The molecule has 1 saturated carbocycles. The highest BCUT2D eigenvalue weighted by Gasteiger charge is 2.49. The molecule has 27 heavy (non-hydrogen) atoms. The summed E-state index contributed by atoms with van der Waals surface area (Å²) in [6.45, 7) is 13.8. The zero-order chi connectivity index (χ0) is 21.2. The molecule has 0 radical (unpaired) electrons. The molecule has 0 aromatic heterocycles. The Bertz CT molecular complexity index is 612. The molecular formula is C18H36O7SSi. The Morgan fingerprint density at radius 1 is 1.15 bits per heavy atom. The quantitative estimate of drug-likeness (QED) is 0.352. The first-order chi connectivity index (χ1) is 12.1. The van der Waals surface area contributed by atoms with Crippen LogP contribution in [0.3, 0.4) is 0 Å². The van der Waals surface area contributed by atoms with Crippen molar-refractivity contribution >= 4 is 24.4 Å². The molecule has 0 spiro atoms. The number of rotatable bonds is 7. The van der Waals surface area contributed by atoms with Gasteiger partial charge in [0, 0.05) is 20.0 Å². The van der Waals surface area contributed by atoms with Gasteiger partial charge in [-0.3, -0.25) is 8.98 Å². The predicted octanol–water partition coefficient (Wildman–Crippen LogP) is 3.10. The van der Waals surface area contributed by atoms with Gasteiger partial charge in [-0.2, -0.15) is 8.42 Å². The summed E-state index contributed by atoms with van der Waals surface area (Å²) < 4.78 is 46.3. The number of ether oxygens (including phenoxy) is 2. The van der Waals surface area contributed by atoms with Gasteiger partial charge in [0.1, 0.15) is 12.2 Å². The summed E-state index contributed by atoms with van der Waals surface area (Å²) in [5, 5.41) is -0.0338. The minimum absolute atomic E-state index is 0.0338. The van der Waals surface area contributed by atoms with Gasteiger partial charge >= 0.3 is 5.97 Å². The number of esters is 1. The van der Waals surface area contributed by atoms with Gasteiger partial charge in [-0.25, -0.2) is 0 Å². The van der Waals surface area contributed by atoms with E-state index >= 15 is 0 Å². The first-order valence-corrected chi connectivity index (χ1v) is 14.1. The molecule has 1 rings (SSSR count). The van der Waals surface area contributed by atoms with E-state index in [9.17, 15) is 13.2 Å². The summed E-state index contributed by atoms with van der Waals surface area (Å²) >= 11 is 0. The van der Waals surface area contributed by atoms with Gasteiger partial charge < -0.3 is 13.9 Å². The molecule has 0 saturated heterocycles. The lowest BCUT2D eigenvalue weighted by atomic mass is 9.79. The van der Waals surface area contributed by atoms with Crippen molar-refractivity contribution in [2.24, 2.45) is 5.92 Å². The van der Waals surface area contributed by atoms with Gasteiger partial charge in [0.2, 0.25) is 0 Å². The molecule has 1 fully saturated rings. The highest BCUT2D eigenvalue weighted by atomic mass is 32.2. The van der Waals surface area contributed by atoms with E-state index in [1.165, 1.54) is 6.92 Å². The average Bonchev–Trinajstić information content (AvgIpc) is 2.44. The van der Waals surface area contributed by atoms with Crippen molar-refractivity contribution in [3.63, 3.8) is 0 Å².